The second kappa shape index (κ2) is 8.55. The predicted molar refractivity (Wildman–Crippen MR) is 117 cm³/mol. The Morgan fingerprint density at radius 3 is 2.72 bits per heavy atom. The number of allylic oxidation sites excluding steroid dienone is 1. The fourth-order valence-electron chi connectivity index (χ4n) is 7.57. The molecule has 3 saturated carbocycles. The molecular formula is C26H42O3. The molecular weight excluding hydrogens is 360 g/mol. The van der Waals surface area contributed by atoms with E-state index in [4.69, 9.17) is 4.74 Å². The summed E-state index contributed by atoms with van der Waals surface area (Å²) in [6.07, 6.45) is 14.8. The molecule has 29 heavy (non-hydrogen) atoms. The maximum Gasteiger partial charge on any atom is 0.306 e. The van der Waals surface area contributed by atoms with Crippen molar-refractivity contribution in [1.29, 1.82) is 0 Å². The van der Waals surface area contributed by atoms with Crippen LogP contribution in [0.2, 0.25) is 0 Å². The Kier molecular flexibility index (Phi) is 6.65. The van der Waals surface area contributed by atoms with Crippen LogP contribution in [0, 0.1) is 34.5 Å². The fraction of sp³-hybridized carbons (Fsp3) is 0.846. The van der Waals surface area contributed by atoms with Crippen molar-refractivity contribution in [1.82, 2.24) is 0 Å². The largest absolute Gasteiger partial charge is 0.462 e. The maximum atomic E-state index is 12.1. The van der Waals surface area contributed by atoms with Gasteiger partial charge in [-0.25, -0.2) is 0 Å². The second-order valence-electron chi connectivity index (χ2n) is 10.7. The molecule has 0 aromatic heterocycles. The lowest BCUT2D eigenvalue weighted by molar-refractivity contribution is -0.151. The first-order valence-electron chi connectivity index (χ1n) is 11.7. The Morgan fingerprint density at radius 1 is 1.17 bits per heavy atom. The van der Waals surface area contributed by atoms with Gasteiger partial charge in [0.25, 0.3) is 0 Å². The maximum absolute atomic E-state index is 12.1. The third-order valence-corrected chi connectivity index (χ3v) is 9.53. The molecule has 0 bridgehead atoms. The van der Waals surface area contributed by atoms with Crippen LogP contribution in [-0.4, -0.2) is 18.4 Å². The number of carbonyl (C=O) groups is 2. The van der Waals surface area contributed by atoms with E-state index in [2.05, 4.69) is 26.8 Å². The van der Waals surface area contributed by atoms with Gasteiger partial charge in [0.1, 0.15) is 12.4 Å². The van der Waals surface area contributed by atoms with E-state index in [0.717, 1.165) is 49.2 Å². The minimum absolute atomic E-state index is 0. The predicted octanol–water partition coefficient (Wildman–Crippen LogP) is 6.50. The molecule has 0 saturated heterocycles. The number of ether oxygens (including phenoxy) is 1. The molecule has 0 amide bonds. The molecule has 7 atom stereocenters. The van der Waals surface area contributed by atoms with Gasteiger partial charge in [-0.15, -0.1) is 0 Å². The Hall–Kier alpha value is -1.12. The summed E-state index contributed by atoms with van der Waals surface area (Å²) >= 11 is 0. The van der Waals surface area contributed by atoms with Gasteiger partial charge in [-0.05, 0) is 85.9 Å². The lowest BCUT2D eigenvalue weighted by Crippen LogP contribution is -2.50. The molecule has 0 N–H and O–H groups in total. The normalized spacial score (nSPS) is 43.1. The van der Waals surface area contributed by atoms with Crippen LogP contribution in [0.1, 0.15) is 98.8 Å². The van der Waals surface area contributed by atoms with Crippen LogP contribution in [0.25, 0.3) is 0 Å². The summed E-state index contributed by atoms with van der Waals surface area (Å²) < 4.78 is 5.77. The van der Waals surface area contributed by atoms with Crippen molar-refractivity contribution in [3.63, 3.8) is 0 Å². The Balaban J connectivity index is 0.00000240. The van der Waals surface area contributed by atoms with Gasteiger partial charge in [0.2, 0.25) is 0 Å². The number of unbranched alkanes of at least 4 members (excludes halogenated alkanes) is 1. The average molecular weight is 403 g/mol. The summed E-state index contributed by atoms with van der Waals surface area (Å²) in [6, 6.07) is 0. The summed E-state index contributed by atoms with van der Waals surface area (Å²) in [5.41, 5.74) is 2.45. The zero-order valence-electron chi connectivity index (χ0n) is 18.0. The minimum atomic E-state index is -0.127. The van der Waals surface area contributed by atoms with Gasteiger partial charge in [-0.3, -0.25) is 4.79 Å². The van der Waals surface area contributed by atoms with E-state index in [1.807, 2.05) is 0 Å². The van der Waals surface area contributed by atoms with E-state index in [0.29, 0.717) is 30.1 Å². The third kappa shape index (κ3) is 3.83. The van der Waals surface area contributed by atoms with Crippen molar-refractivity contribution in [3.8, 4) is 0 Å². The van der Waals surface area contributed by atoms with Crippen LogP contribution >= 0.6 is 0 Å². The number of fused-ring (bicyclic) bond motifs is 5. The Bertz CT molecular complexity index is 652. The molecule has 4 aliphatic carbocycles. The zero-order chi connectivity index (χ0) is 19.9. The number of hydrogen-bond acceptors (Lipinski definition) is 3. The first-order valence-corrected chi connectivity index (χ1v) is 11.7. The quantitative estimate of drug-likeness (QED) is 0.228. The number of hydrogen-bond donors (Lipinski definition) is 0. The van der Waals surface area contributed by atoms with Crippen LogP contribution in [0.15, 0.2) is 11.6 Å². The van der Waals surface area contributed by atoms with E-state index in [1.54, 1.807) is 5.57 Å². The average Bonchev–Trinajstić information content (AvgIpc) is 2.97. The van der Waals surface area contributed by atoms with Crippen molar-refractivity contribution in [2.45, 2.75) is 105 Å². The highest BCUT2D eigenvalue weighted by Crippen LogP contribution is 2.66. The number of carbonyl (C=O) groups excluding carboxylic acids is 2. The highest BCUT2D eigenvalue weighted by Gasteiger charge is 2.57. The summed E-state index contributed by atoms with van der Waals surface area (Å²) in [5, 5.41) is 0. The monoisotopic (exact) mass is 402 g/mol. The smallest absolute Gasteiger partial charge is 0.306 e. The van der Waals surface area contributed by atoms with Crippen LogP contribution < -0.4 is 0 Å². The minimum Gasteiger partial charge on any atom is -0.462 e. The summed E-state index contributed by atoms with van der Waals surface area (Å²) in [4.78, 5) is 22.5. The zero-order valence-corrected chi connectivity index (χ0v) is 18.0. The molecule has 2 unspecified atom stereocenters. The van der Waals surface area contributed by atoms with E-state index < -0.39 is 0 Å². The molecule has 3 nitrogen and oxygen atoms in total. The molecule has 0 spiro atoms. The van der Waals surface area contributed by atoms with E-state index >= 15 is 0 Å². The second-order valence-corrected chi connectivity index (χ2v) is 10.7. The van der Waals surface area contributed by atoms with Gasteiger partial charge in [0.15, 0.2) is 0 Å². The first-order chi connectivity index (χ1) is 13.4. The van der Waals surface area contributed by atoms with E-state index in [1.165, 1.54) is 32.1 Å². The lowest BCUT2D eigenvalue weighted by atomic mass is 9.47. The van der Waals surface area contributed by atoms with Gasteiger partial charge in [-0.2, -0.15) is 0 Å². The van der Waals surface area contributed by atoms with Crippen LogP contribution in [-0.2, 0) is 14.3 Å². The molecule has 0 aliphatic heterocycles. The first kappa shape index (κ1) is 22.6. The summed E-state index contributed by atoms with van der Waals surface area (Å²) in [5.74, 6) is 3.34. The third-order valence-electron chi connectivity index (χ3n) is 9.53. The SMILES string of the molecule is C.C[C@H]1CCC2[C@@H]3CC=C4C[C@@H](OC(=O)CCCC=O)CC[C@]4(C)C3CC[C@@]21C. The molecule has 4 rings (SSSR count). The van der Waals surface area contributed by atoms with Crippen molar-refractivity contribution >= 4 is 12.3 Å². The summed E-state index contributed by atoms with van der Waals surface area (Å²) in [7, 11) is 0. The van der Waals surface area contributed by atoms with Gasteiger partial charge >= 0.3 is 5.97 Å². The number of esters is 1. The Labute approximate surface area is 178 Å². The van der Waals surface area contributed by atoms with Crippen molar-refractivity contribution in [2.24, 2.45) is 34.5 Å². The molecule has 0 aromatic rings. The van der Waals surface area contributed by atoms with Gasteiger partial charge in [-0.1, -0.05) is 39.8 Å². The number of rotatable bonds is 5. The summed E-state index contributed by atoms with van der Waals surface area (Å²) in [6.45, 7) is 7.58. The van der Waals surface area contributed by atoms with Gasteiger partial charge in [0.05, 0.1) is 0 Å². The van der Waals surface area contributed by atoms with Crippen molar-refractivity contribution < 1.29 is 14.3 Å². The van der Waals surface area contributed by atoms with Crippen LogP contribution in [0.5, 0.6) is 0 Å². The molecule has 4 aliphatic rings. The highest BCUT2D eigenvalue weighted by molar-refractivity contribution is 5.70. The van der Waals surface area contributed by atoms with Gasteiger partial charge in [0, 0.05) is 19.3 Å². The Morgan fingerprint density at radius 2 is 1.97 bits per heavy atom. The van der Waals surface area contributed by atoms with Crippen molar-refractivity contribution in [3.05, 3.63) is 11.6 Å². The molecule has 0 heterocycles. The van der Waals surface area contributed by atoms with E-state index in [-0.39, 0.29) is 19.5 Å². The standard InChI is InChI=1S/C25H38O3.CH4/c1-17-7-10-21-20-9-8-18-16-19(28-23(27)6-4-5-15-26)11-13-25(18,3)22(20)12-14-24(17,21)2;/h8,15,17,19-22H,4-7,9-14,16H2,1-3H3;1H4/t17-,19-,20-,21?,22?,24+,25-;/m0./s1. The van der Waals surface area contributed by atoms with Gasteiger partial charge < -0.3 is 9.53 Å². The van der Waals surface area contributed by atoms with Crippen LogP contribution in [0.4, 0.5) is 0 Å². The van der Waals surface area contributed by atoms with Crippen molar-refractivity contribution in [2.75, 3.05) is 0 Å². The topological polar surface area (TPSA) is 43.4 Å². The highest BCUT2D eigenvalue weighted by atomic mass is 16.5. The molecule has 3 fully saturated rings. The molecule has 0 radical (unpaired) electrons. The van der Waals surface area contributed by atoms with Crippen LogP contribution in [0.3, 0.4) is 0 Å². The fourth-order valence-corrected chi connectivity index (χ4v) is 7.57. The lowest BCUT2D eigenvalue weighted by Gasteiger charge is -2.58. The molecule has 164 valence electrons. The van der Waals surface area contributed by atoms with E-state index in [9.17, 15) is 9.59 Å². The molecule has 0 aromatic carbocycles. The number of aldehydes is 1. The molecule has 3 heteroatoms.